The summed E-state index contributed by atoms with van der Waals surface area (Å²) in [5.41, 5.74) is 4.19. The highest BCUT2D eigenvalue weighted by molar-refractivity contribution is 5.95. The monoisotopic (exact) mass is 462 g/mol. The number of carbonyl (C=O) groups excluding carboxylic acids is 2. The van der Waals surface area contributed by atoms with Crippen LogP contribution in [-0.2, 0) is 4.74 Å². The lowest BCUT2D eigenvalue weighted by Gasteiger charge is -2.34. The van der Waals surface area contributed by atoms with Crippen LogP contribution in [0.5, 0.6) is 5.75 Å². The quantitative estimate of drug-likeness (QED) is 0.734. The first kappa shape index (κ1) is 21.6. The molecule has 33 heavy (non-hydrogen) atoms. The van der Waals surface area contributed by atoms with Crippen molar-refractivity contribution in [2.24, 2.45) is 4.99 Å². The van der Waals surface area contributed by atoms with Crippen LogP contribution < -0.4 is 15.1 Å². The van der Waals surface area contributed by atoms with Gasteiger partial charge in [0.25, 0.3) is 11.8 Å². The molecule has 1 N–H and O–H groups in total. The van der Waals surface area contributed by atoms with E-state index in [0.717, 1.165) is 5.69 Å². The van der Waals surface area contributed by atoms with Crippen LogP contribution in [0.4, 0.5) is 19.3 Å². The first-order valence-corrected chi connectivity index (χ1v) is 10.7. The van der Waals surface area contributed by atoms with E-state index < -0.39 is 12.1 Å². The van der Waals surface area contributed by atoms with Crippen molar-refractivity contribution in [2.45, 2.75) is 24.9 Å². The molecule has 1 aromatic rings. The summed E-state index contributed by atoms with van der Waals surface area (Å²) < 4.78 is 37.7. The number of hydrogen-bond donors (Lipinski definition) is 1. The van der Waals surface area contributed by atoms with Gasteiger partial charge >= 0.3 is 6.03 Å². The first-order chi connectivity index (χ1) is 15.9. The third kappa shape index (κ3) is 4.00. The fraction of sp³-hybridized carbons (Fsp3) is 0.476. The number of anilines is 1. The van der Waals surface area contributed by atoms with Gasteiger partial charge in [0.05, 0.1) is 12.2 Å². The Bertz CT molecular complexity index is 1020. The largest absolute Gasteiger partial charge is 0.490 e. The van der Waals surface area contributed by atoms with Crippen LogP contribution in [0.15, 0.2) is 35.1 Å². The number of methoxy groups -OCH3 is 1. The maximum absolute atomic E-state index is 13.4. The van der Waals surface area contributed by atoms with E-state index in [-0.39, 0.29) is 44.6 Å². The van der Waals surface area contributed by atoms with Gasteiger partial charge in [-0.2, -0.15) is 0 Å². The van der Waals surface area contributed by atoms with Gasteiger partial charge in [-0.1, -0.05) is 0 Å². The normalized spacial score (nSPS) is 23.8. The Morgan fingerprint density at radius 3 is 2.85 bits per heavy atom. The van der Waals surface area contributed by atoms with Crippen molar-refractivity contribution >= 4 is 24.0 Å². The number of fused-ring (bicyclic) bond motifs is 2. The molecule has 10 nitrogen and oxygen atoms in total. The number of likely N-dealkylation sites (tertiary alicyclic amines) is 1. The Balaban J connectivity index is 1.34. The zero-order valence-electron chi connectivity index (χ0n) is 18.0. The lowest BCUT2D eigenvalue weighted by atomic mass is 10.0. The average molecular weight is 462 g/mol. The highest BCUT2D eigenvalue weighted by Crippen LogP contribution is 2.37. The molecule has 0 aliphatic carbocycles. The second kappa shape index (κ2) is 8.27. The van der Waals surface area contributed by atoms with Gasteiger partial charge in [-0.25, -0.2) is 29.0 Å². The summed E-state index contributed by atoms with van der Waals surface area (Å²) in [5.74, 6) is -1.84. The summed E-state index contributed by atoms with van der Waals surface area (Å²) in [7, 11) is 1.51. The van der Waals surface area contributed by atoms with Crippen LogP contribution in [0, 0.1) is 0 Å². The van der Waals surface area contributed by atoms with Crippen LogP contribution in [-0.4, -0.2) is 85.3 Å². The molecular weight excluding hydrogens is 438 g/mol. The number of hydrazine groups is 1. The second-order valence-electron chi connectivity index (χ2n) is 8.21. The van der Waals surface area contributed by atoms with Crippen molar-refractivity contribution < 1.29 is 27.8 Å². The molecule has 4 heterocycles. The molecule has 0 radical (unpaired) electrons. The van der Waals surface area contributed by atoms with Crippen molar-refractivity contribution in [3.05, 3.63) is 35.7 Å². The fourth-order valence-electron chi connectivity index (χ4n) is 4.27. The van der Waals surface area contributed by atoms with Gasteiger partial charge in [-0.05, 0) is 24.3 Å². The molecule has 2 fully saturated rings. The Hall–Kier alpha value is -3.25. The minimum Gasteiger partial charge on any atom is -0.490 e. The van der Waals surface area contributed by atoms with Gasteiger partial charge in [0, 0.05) is 38.6 Å². The number of urea groups is 1. The number of benzene rings is 1. The molecule has 4 aliphatic heterocycles. The van der Waals surface area contributed by atoms with E-state index in [0.29, 0.717) is 30.3 Å². The predicted octanol–water partition coefficient (Wildman–Crippen LogP) is 1.81. The Kier molecular flexibility index (Phi) is 5.41. The van der Waals surface area contributed by atoms with Crippen molar-refractivity contribution in [1.82, 2.24) is 20.2 Å². The second-order valence-corrected chi connectivity index (χ2v) is 8.21. The number of nitrogens with zero attached hydrogens (tertiary/aromatic N) is 5. The topological polar surface area (TPSA) is 89.9 Å². The number of amides is 3. The number of ether oxygens (including phenoxy) is 2. The molecule has 0 spiro atoms. The number of alkyl halides is 2. The van der Waals surface area contributed by atoms with E-state index in [9.17, 15) is 18.4 Å². The molecule has 2 saturated heterocycles. The third-order valence-electron chi connectivity index (χ3n) is 6.05. The van der Waals surface area contributed by atoms with Gasteiger partial charge in [0.2, 0.25) is 0 Å². The molecular formula is C21H24F2N6O4. The van der Waals surface area contributed by atoms with Crippen LogP contribution in [0.2, 0.25) is 0 Å². The van der Waals surface area contributed by atoms with Gasteiger partial charge < -0.3 is 19.3 Å². The number of hydrogen-bond acceptors (Lipinski definition) is 7. The Morgan fingerprint density at radius 2 is 2.09 bits per heavy atom. The van der Waals surface area contributed by atoms with Gasteiger partial charge in [-0.3, -0.25) is 9.69 Å². The summed E-state index contributed by atoms with van der Waals surface area (Å²) in [6.07, 6.45) is 2.26. The lowest BCUT2D eigenvalue weighted by Crippen LogP contribution is -2.43. The zero-order valence-corrected chi connectivity index (χ0v) is 18.0. The minimum atomic E-state index is -2.71. The maximum atomic E-state index is 13.4. The van der Waals surface area contributed by atoms with Crippen LogP contribution in [0.3, 0.4) is 0 Å². The maximum Gasteiger partial charge on any atom is 0.343 e. The van der Waals surface area contributed by atoms with Crippen molar-refractivity contribution in [3.63, 3.8) is 0 Å². The summed E-state index contributed by atoms with van der Waals surface area (Å²) >= 11 is 0. The van der Waals surface area contributed by atoms with E-state index >= 15 is 0 Å². The number of piperidine rings is 1. The molecule has 1 atom stereocenters. The molecule has 0 bridgehead atoms. The van der Waals surface area contributed by atoms with Crippen LogP contribution >= 0.6 is 0 Å². The number of carbonyl (C=O) groups is 2. The number of halogens is 2. The highest BCUT2D eigenvalue weighted by atomic mass is 19.3. The average Bonchev–Trinajstić information content (AvgIpc) is 3.12. The SMILES string of the molecule is COCN1NC2C=C(N3CCOc4cc(C(=O)N5CCC(F)(F)CC5)ccc43)N=CN2C1=O. The molecule has 5 rings (SSSR count). The minimum absolute atomic E-state index is 0.0290. The highest BCUT2D eigenvalue weighted by Gasteiger charge is 2.39. The van der Waals surface area contributed by atoms with Gasteiger partial charge in [-0.15, -0.1) is 0 Å². The summed E-state index contributed by atoms with van der Waals surface area (Å²) in [4.78, 5) is 34.5. The summed E-state index contributed by atoms with van der Waals surface area (Å²) in [6, 6.07) is 4.83. The Morgan fingerprint density at radius 1 is 1.30 bits per heavy atom. The van der Waals surface area contributed by atoms with Crippen LogP contribution in [0.1, 0.15) is 23.2 Å². The van der Waals surface area contributed by atoms with E-state index in [1.165, 1.54) is 28.3 Å². The lowest BCUT2D eigenvalue weighted by molar-refractivity contribution is -0.0494. The molecule has 1 unspecified atom stereocenters. The van der Waals surface area contributed by atoms with Gasteiger partial charge in [0.15, 0.2) is 0 Å². The zero-order chi connectivity index (χ0) is 23.2. The van der Waals surface area contributed by atoms with E-state index in [1.807, 2.05) is 11.0 Å². The van der Waals surface area contributed by atoms with Crippen molar-refractivity contribution in [3.8, 4) is 5.75 Å². The number of aliphatic imine (C=N–C) groups is 1. The summed E-state index contributed by atoms with van der Waals surface area (Å²) in [6.45, 7) is 1.08. The van der Waals surface area contributed by atoms with Crippen LogP contribution in [0.25, 0.3) is 0 Å². The van der Waals surface area contributed by atoms with E-state index in [2.05, 4.69) is 10.4 Å². The Labute approximate surface area is 189 Å². The molecule has 3 amide bonds. The molecule has 176 valence electrons. The molecule has 1 aromatic carbocycles. The van der Waals surface area contributed by atoms with Crippen molar-refractivity contribution in [1.29, 1.82) is 0 Å². The third-order valence-corrected chi connectivity index (χ3v) is 6.05. The molecule has 4 aliphatic rings. The molecule has 0 aromatic heterocycles. The summed E-state index contributed by atoms with van der Waals surface area (Å²) in [5, 5.41) is 1.36. The first-order valence-electron chi connectivity index (χ1n) is 10.7. The smallest absolute Gasteiger partial charge is 0.343 e. The number of rotatable bonds is 4. The van der Waals surface area contributed by atoms with E-state index in [1.54, 1.807) is 18.2 Å². The molecule has 0 saturated carbocycles. The standard InChI is InChI=1S/C21H24F2N6O4/c1-32-13-29-20(31)28-12-24-17(11-18(28)25-29)27-8-9-33-16-10-14(2-3-15(16)27)19(30)26-6-4-21(22,23)5-7-26/h2-3,10-12,18,25H,4-9,13H2,1H3. The number of nitrogens with one attached hydrogen (secondary N) is 1. The predicted molar refractivity (Wildman–Crippen MR) is 114 cm³/mol. The van der Waals surface area contributed by atoms with Gasteiger partial charge in [0.1, 0.15) is 37.4 Å². The van der Waals surface area contributed by atoms with Crippen molar-refractivity contribution in [2.75, 3.05) is 45.0 Å². The fourth-order valence-corrected chi connectivity index (χ4v) is 4.27. The van der Waals surface area contributed by atoms with E-state index in [4.69, 9.17) is 9.47 Å². The molecule has 12 heteroatoms.